The van der Waals surface area contributed by atoms with Gasteiger partial charge < -0.3 is 24.8 Å². The summed E-state index contributed by atoms with van der Waals surface area (Å²) in [4.78, 5) is 0. The Morgan fingerprint density at radius 2 is 1.53 bits per heavy atom. The average molecular weight is 437 g/mol. The number of hydrogen-bond acceptors (Lipinski definition) is 0. The van der Waals surface area contributed by atoms with Crippen LogP contribution in [0.3, 0.4) is 0 Å². The van der Waals surface area contributed by atoms with Gasteiger partial charge in [0.1, 0.15) is 0 Å². The molecule has 0 aliphatic heterocycles. The van der Waals surface area contributed by atoms with E-state index < -0.39 is 21.4 Å². The first-order chi connectivity index (χ1) is 7.42. The van der Waals surface area contributed by atoms with Gasteiger partial charge >= 0.3 is 101 Å². The van der Waals surface area contributed by atoms with Crippen molar-refractivity contribution in [2.75, 3.05) is 0 Å². The maximum atomic E-state index is 2.41. The van der Waals surface area contributed by atoms with E-state index in [2.05, 4.69) is 43.4 Å². The zero-order chi connectivity index (χ0) is 10.5. The van der Waals surface area contributed by atoms with Gasteiger partial charge in [0.25, 0.3) is 0 Å². The molecule has 2 rings (SSSR count). The Labute approximate surface area is 125 Å². The minimum absolute atomic E-state index is 0. The van der Waals surface area contributed by atoms with E-state index in [-0.39, 0.29) is 24.8 Å². The topological polar surface area (TPSA) is 0 Å². The Morgan fingerprint density at radius 1 is 1.00 bits per heavy atom. The van der Waals surface area contributed by atoms with Crippen LogP contribution >= 0.6 is 0 Å². The fraction of sp³-hybridized carbons (Fsp3) is 0.429. The summed E-state index contributed by atoms with van der Waals surface area (Å²) in [7, 11) is 0. The zero-order valence-corrected chi connectivity index (χ0v) is 15.4. The first kappa shape index (κ1) is 17.4. The van der Waals surface area contributed by atoms with Crippen LogP contribution in [-0.4, -0.2) is 0 Å². The van der Waals surface area contributed by atoms with Crippen LogP contribution in [0.15, 0.2) is 43.1 Å². The molecule has 0 bridgehead atoms. The third-order valence-corrected chi connectivity index (χ3v) is 14.4. The Morgan fingerprint density at radius 3 is 1.88 bits per heavy atom. The van der Waals surface area contributed by atoms with Gasteiger partial charge in [0, 0.05) is 0 Å². The number of halogens is 2. The van der Waals surface area contributed by atoms with E-state index in [0.717, 1.165) is 0 Å². The molecule has 0 atom stereocenters. The van der Waals surface area contributed by atoms with Gasteiger partial charge in [-0.3, -0.25) is 0 Å². The van der Waals surface area contributed by atoms with Gasteiger partial charge in [-0.2, -0.15) is 0 Å². The van der Waals surface area contributed by atoms with Crippen LogP contribution in [0.25, 0.3) is 0 Å². The van der Waals surface area contributed by atoms with Crippen molar-refractivity contribution in [1.29, 1.82) is 0 Å². The van der Waals surface area contributed by atoms with Gasteiger partial charge in [0.2, 0.25) is 0 Å². The van der Waals surface area contributed by atoms with E-state index in [0.29, 0.717) is 0 Å². The van der Waals surface area contributed by atoms with Crippen LogP contribution in [0, 0.1) is 0 Å². The van der Waals surface area contributed by atoms with Crippen molar-refractivity contribution < 1.29 is 46.3 Å². The molecule has 17 heavy (non-hydrogen) atoms. The first-order valence-electron chi connectivity index (χ1n) is 5.99. The summed E-state index contributed by atoms with van der Waals surface area (Å²) in [6, 6.07) is 0. The summed E-state index contributed by atoms with van der Waals surface area (Å²) >= 11 is -1.55. The van der Waals surface area contributed by atoms with Crippen molar-refractivity contribution in [1.82, 2.24) is 0 Å². The second kappa shape index (κ2) is 9.35. The molecule has 0 unspecified atom stereocenters. The molecule has 0 fully saturated rings. The first-order valence-corrected chi connectivity index (χ1v) is 12.1. The van der Waals surface area contributed by atoms with Crippen molar-refractivity contribution >= 4 is 0 Å². The van der Waals surface area contributed by atoms with E-state index in [1.54, 1.807) is 4.18 Å². The molecule has 0 amide bonds. The molecule has 0 saturated carbocycles. The Balaban J connectivity index is 0.00000128. The molecule has 2 aliphatic carbocycles. The molecule has 0 N–H and O–H groups in total. The van der Waals surface area contributed by atoms with Crippen LogP contribution in [0.4, 0.5) is 0 Å². The molecule has 93 valence electrons. The Kier molecular flexibility index (Phi) is 9.58. The number of rotatable bonds is 5. The van der Waals surface area contributed by atoms with Gasteiger partial charge in [-0.1, -0.05) is 0 Å². The summed E-state index contributed by atoms with van der Waals surface area (Å²) in [5.41, 5.74) is 0. The molecule has 0 saturated heterocycles. The van der Waals surface area contributed by atoms with Gasteiger partial charge in [-0.15, -0.1) is 0 Å². The minimum atomic E-state index is -1.55. The molecule has 0 aromatic rings. The molecular weight excluding hydrogens is 418 g/mol. The molecule has 2 aliphatic rings. The van der Waals surface area contributed by atoms with Gasteiger partial charge in [0.15, 0.2) is 0 Å². The SMILES string of the molecule is CCC[CH2][Hf+2]([C]1=CC=CC1)[C]1=CC=CC1.[Cl-].[Cl-]. The summed E-state index contributed by atoms with van der Waals surface area (Å²) in [5, 5.41) is 0. The third kappa shape index (κ3) is 4.89. The van der Waals surface area contributed by atoms with Crippen LogP contribution in [-0.2, 0) is 21.4 Å². The Hall–Kier alpha value is 0.410. The standard InChI is InChI=1S/2C5H5.C4H9.2ClH.Hf/c2*1-2-4-5-3-1;1-3-4-2;;;/h2*1-3H,4H2;1,3-4H2,2H3;2*1H;/q;;;;;+2/p-2. The smallest absolute Gasteiger partial charge is 1.00 e. The fourth-order valence-electron chi connectivity index (χ4n) is 2.22. The van der Waals surface area contributed by atoms with E-state index in [1.807, 2.05) is 6.66 Å². The maximum Gasteiger partial charge on any atom is -1.00 e. The maximum absolute atomic E-state index is 2.41. The monoisotopic (exact) mass is 437 g/mol. The van der Waals surface area contributed by atoms with Crippen LogP contribution in [0.1, 0.15) is 32.6 Å². The van der Waals surface area contributed by atoms with Crippen LogP contribution in [0.2, 0.25) is 4.18 Å². The number of allylic oxidation sites excluding steroid dienone is 8. The predicted octanol–water partition coefficient (Wildman–Crippen LogP) is -1.48. The third-order valence-electron chi connectivity index (χ3n) is 3.10. The zero-order valence-electron chi connectivity index (χ0n) is 10.3. The molecule has 0 spiro atoms. The van der Waals surface area contributed by atoms with Crippen molar-refractivity contribution in [3.63, 3.8) is 0 Å². The number of unbranched alkanes of at least 4 members (excludes halogenated alkanes) is 1. The fourth-order valence-corrected chi connectivity index (χ4v) is 13.3. The van der Waals surface area contributed by atoms with Crippen molar-refractivity contribution in [2.24, 2.45) is 0 Å². The van der Waals surface area contributed by atoms with Crippen LogP contribution in [0.5, 0.6) is 0 Å². The van der Waals surface area contributed by atoms with Crippen LogP contribution < -0.4 is 24.8 Å². The van der Waals surface area contributed by atoms with E-state index >= 15 is 0 Å². The molecule has 0 nitrogen and oxygen atoms in total. The van der Waals surface area contributed by atoms with Gasteiger partial charge in [-0.05, 0) is 0 Å². The molecule has 3 heteroatoms. The molecule has 0 heterocycles. The minimum Gasteiger partial charge on any atom is -1.00 e. The van der Waals surface area contributed by atoms with Crippen molar-refractivity contribution in [2.45, 2.75) is 36.8 Å². The molecular formula is C14H19Cl2Hf. The quantitative estimate of drug-likeness (QED) is 0.461. The molecule has 0 aromatic heterocycles. The summed E-state index contributed by atoms with van der Waals surface area (Å²) in [6.07, 6.45) is 19.3. The number of hydrogen-bond donors (Lipinski definition) is 0. The van der Waals surface area contributed by atoms with Crippen molar-refractivity contribution in [3.8, 4) is 0 Å². The predicted molar refractivity (Wildman–Crippen MR) is 63.4 cm³/mol. The second-order valence-corrected chi connectivity index (χ2v) is 14.1. The van der Waals surface area contributed by atoms with Gasteiger partial charge in [0.05, 0.1) is 0 Å². The second-order valence-electron chi connectivity index (χ2n) is 4.23. The van der Waals surface area contributed by atoms with Gasteiger partial charge in [-0.25, -0.2) is 0 Å². The summed E-state index contributed by atoms with van der Waals surface area (Å²) < 4.78 is 5.22. The summed E-state index contributed by atoms with van der Waals surface area (Å²) in [6.45, 7) is 2.31. The van der Waals surface area contributed by atoms with E-state index in [4.69, 9.17) is 0 Å². The largest absolute Gasteiger partial charge is 1.00 e. The molecule has 0 aromatic carbocycles. The average Bonchev–Trinajstić information content (AvgIpc) is 2.90. The van der Waals surface area contributed by atoms with E-state index in [9.17, 15) is 0 Å². The molecule has 0 radical (unpaired) electrons. The van der Waals surface area contributed by atoms with E-state index in [1.165, 1.54) is 25.7 Å². The summed E-state index contributed by atoms with van der Waals surface area (Å²) in [5.74, 6) is 0. The Bertz CT molecular complexity index is 310. The normalized spacial score (nSPS) is 16.1. The van der Waals surface area contributed by atoms with Crippen molar-refractivity contribution in [3.05, 3.63) is 43.1 Å².